The predicted octanol–water partition coefficient (Wildman–Crippen LogP) is 3.27. The number of rotatable bonds is 2. The number of carbonyl (C=O) groups excluding carboxylic acids is 1. The first kappa shape index (κ1) is 10.2. The third-order valence-corrected chi connectivity index (χ3v) is 3.13. The molecule has 0 aliphatic heterocycles. The van der Waals surface area contributed by atoms with E-state index in [0.717, 1.165) is 17.6 Å². The van der Waals surface area contributed by atoms with Crippen molar-refractivity contribution in [1.29, 1.82) is 0 Å². The van der Waals surface area contributed by atoms with E-state index in [0.29, 0.717) is 12.2 Å². The maximum Gasteiger partial charge on any atom is 0.159 e. The van der Waals surface area contributed by atoms with E-state index in [1.807, 2.05) is 13.8 Å². The highest BCUT2D eigenvalue weighted by Gasteiger charge is 2.37. The summed E-state index contributed by atoms with van der Waals surface area (Å²) in [6.45, 7) is 12.1. The van der Waals surface area contributed by atoms with Crippen molar-refractivity contribution in [3.05, 3.63) is 23.3 Å². The van der Waals surface area contributed by atoms with Crippen LogP contribution in [-0.2, 0) is 4.79 Å². The summed E-state index contributed by atoms with van der Waals surface area (Å²) in [6.07, 6.45) is 1.60. The van der Waals surface area contributed by atoms with Gasteiger partial charge in [0.05, 0.1) is 0 Å². The minimum Gasteiger partial charge on any atom is -0.295 e. The van der Waals surface area contributed by atoms with E-state index < -0.39 is 0 Å². The van der Waals surface area contributed by atoms with E-state index in [2.05, 4.69) is 20.4 Å². The van der Waals surface area contributed by atoms with Crippen molar-refractivity contribution in [2.75, 3.05) is 0 Å². The van der Waals surface area contributed by atoms with Gasteiger partial charge >= 0.3 is 0 Å². The van der Waals surface area contributed by atoms with Gasteiger partial charge in [-0.2, -0.15) is 0 Å². The van der Waals surface area contributed by atoms with Gasteiger partial charge in [-0.15, -0.1) is 6.58 Å². The van der Waals surface area contributed by atoms with Crippen LogP contribution in [0.1, 0.15) is 40.5 Å². The largest absolute Gasteiger partial charge is 0.295 e. The number of carbonyl (C=O) groups is 1. The van der Waals surface area contributed by atoms with E-state index in [-0.39, 0.29) is 5.41 Å². The van der Waals surface area contributed by atoms with Crippen LogP contribution in [0.15, 0.2) is 23.3 Å². The first-order valence-corrected chi connectivity index (χ1v) is 4.72. The first-order chi connectivity index (χ1) is 5.87. The van der Waals surface area contributed by atoms with Crippen molar-refractivity contribution >= 4 is 5.78 Å². The molecule has 0 aromatic heterocycles. The van der Waals surface area contributed by atoms with Crippen molar-refractivity contribution in [2.24, 2.45) is 5.41 Å². The Kier molecular flexibility index (Phi) is 2.47. The molecule has 1 nitrogen and oxygen atoms in total. The van der Waals surface area contributed by atoms with Gasteiger partial charge in [-0.3, -0.25) is 4.79 Å². The third-order valence-electron chi connectivity index (χ3n) is 3.13. The number of hydrogen-bond donors (Lipinski definition) is 0. The fraction of sp³-hybridized carbons (Fsp3) is 0.583. The minimum atomic E-state index is 0.0486. The predicted molar refractivity (Wildman–Crippen MR) is 55.5 cm³/mol. The smallest absolute Gasteiger partial charge is 0.159 e. The van der Waals surface area contributed by atoms with Gasteiger partial charge in [-0.1, -0.05) is 18.1 Å². The first-order valence-electron chi connectivity index (χ1n) is 4.72. The van der Waals surface area contributed by atoms with Gasteiger partial charge in [0.25, 0.3) is 0 Å². The number of Topliss-reactive ketones (excluding diaryl/α,β-unsaturated/α-hetero) is 1. The quantitative estimate of drug-likeness (QED) is 0.593. The molecule has 72 valence electrons. The van der Waals surface area contributed by atoms with Gasteiger partial charge < -0.3 is 0 Å². The maximum atomic E-state index is 11.5. The van der Waals surface area contributed by atoms with Crippen molar-refractivity contribution in [3.63, 3.8) is 0 Å². The van der Waals surface area contributed by atoms with Crippen LogP contribution in [-0.4, -0.2) is 5.78 Å². The van der Waals surface area contributed by atoms with Crippen LogP contribution in [0.3, 0.4) is 0 Å². The van der Waals surface area contributed by atoms with E-state index in [4.69, 9.17) is 0 Å². The average molecular weight is 178 g/mol. The standard InChI is InChI=1S/C12H18O/c1-8(2)6-12(5)7-11(13)9(3)10(12)4/h1,6-7H2,2-5H3. The second kappa shape index (κ2) is 3.13. The SMILES string of the molecule is C=C(C)CC1(C)CC(=O)C(C)=C1C. The molecular weight excluding hydrogens is 160 g/mol. The molecule has 0 radical (unpaired) electrons. The Balaban J connectivity index is 2.96. The topological polar surface area (TPSA) is 17.1 Å². The molecule has 0 saturated carbocycles. The normalized spacial score (nSPS) is 28.5. The van der Waals surface area contributed by atoms with Gasteiger partial charge in [0.2, 0.25) is 0 Å². The molecule has 0 amide bonds. The number of ketones is 1. The molecule has 1 aliphatic rings. The highest BCUT2D eigenvalue weighted by Crippen LogP contribution is 2.44. The van der Waals surface area contributed by atoms with Crippen molar-refractivity contribution in [2.45, 2.75) is 40.5 Å². The van der Waals surface area contributed by atoms with Crippen LogP contribution in [0.4, 0.5) is 0 Å². The second-order valence-electron chi connectivity index (χ2n) is 4.54. The van der Waals surface area contributed by atoms with Gasteiger partial charge in [-0.25, -0.2) is 0 Å². The Morgan fingerprint density at radius 1 is 1.54 bits per heavy atom. The summed E-state index contributed by atoms with van der Waals surface area (Å²) in [5.41, 5.74) is 3.42. The lowest BCUT2D eigenvalue weighted by Gasteiger charge is -2.25. The molecule has 0 aromatic rings. The fourth-order valence-corrected chi connectivity index (χ4v) is 2.14. The Hall–Kier alpha value is -0.850. The van der Waals surface area contributed by atoms with Crippen molar-refractivity contribution in [1.82, 2.24) is 0 Å². The number of allylic oxidation sites excluding steroid dienone is 3. The average Bonchev–Trinajstić information content (AvgIpc) is 2.14. The van der Waals surface area contributed by atoms with Crippen LogP contribution in [0.5, 0.6) is 0 Å². The van der Waals surface area contributed by atoms with Crippen LogP contribution in [0, 0.1) is 5.41 Å². The Bertz CT molecular complexity index is 296. The number of hydrogen-bond acceptors (Lipinski definition) is 1. The Morgan fingerprint density at radius 2 is 2.08 bits per heavy atom. The molecule has 13 heavy (non-hydrogen) atoms. The zero-order chi connectivity index (χ0) is 10.2. The monoisotopic (exact) mass is 178 g/mol. The van der Waals surface area contributed by atoms with E-state index >= 15 is 0 Å². The summed E-state index contributed by atoms with van der Waals surface area (Å²) < 4.78 is 0. The molecule has 0 spiro atoms. The zero-order valence-electron chi connectivity index (χ0n) is 9.03. The molecule has 0 saturated heterocycles. The summed E-state index contributed by atoms with van der Waals surface area (Å²) in [4.78, 5) is 11.5. The summed E-state index contributed by atoms with van der Waals surface area (Å²) in [6, 6.07) is 0. The van der Waals surface area contributed by atoms with Crippen molar-refractivity contribution < 1.29 is 4.79 Å². The van der Waals surface area contributed by atoms with Crippen molar-refractivity contribution in [3.8, 4) is 0 Å². The third kappa shape index (κ3) is 1.74. The summed E-state index contributed by atoms with van der Waals surface area (Å²) >= 11 is 0. The lowest BCUT2D eigenvalue weighted by Crippen LogP contribution is -2.15. The minimum absolute atomic E-state index is 0.0486. The van der Waals surface area contributed by atoms with E-state index in [1.165, 1.54) is 5.57 Å². The molecule has 0 heterocycles. The van der Waals surface area contributed by atoms with E-state index in [1.54, 1.807) is 0 Å². The van der Waals surface area contributed by atoms with Crippen LogP contribution >= 0.6 is 0 Å². The molecule has 0 fully saturated rings. The molecule has 1 unspecified atom stereocenters. The molecule has 0 bridgehead atoms. The maximum absolute atomic E-state index is 11.5. The van der Waals surface area contributed by atoms with Crippen LogP contribution < -0.4 is 0 Å². The Labute approximate surface area is 80.5 Å². The fourth-order valence-electron chi connectivity index (χ4n) is 2.14. The highest BCUT2D eigenvalue weighted by atomic mass is 16.1. The second-order valence-corrected chi connectivity index (χ2v) is 4.54. The lowest BCUT2D eigenvalue weighted by atomic mass is 9.78. The molecule has 0 N–H and O–H groups in total. The molecular formula is C12H18O. The van der Waals surface area contributed by atoms with Gasteiger partial charge in [0, 0.05) is 6.42 Å². The van der Waals surface area contributed by atoms with Crippen LogP contribution in [0.25, 0.3) is 0 Å². The lowest BCUT2D eigenvalue weighted by molar-refractivity contribution is -0.115. The van der Waals surface area contributed by atoms with E-state index in [9.17, 15) is 4.79 Å². The zero-order valence-corrected chi connectivity index (χ0v) is 9.03. The van der Waals surface area contributed by atoms with Gasteiger partial charge in [0.1, 0.15) is 0 Å². The molecule has 1 rings (SSSR count). The summed E-state index contributed by atoms with van der Waals surface area (Å²) in [5, 5.41) is 0. The Morgan fingerprint density at radius 3 is 2.38 bits per heavy atom. The molecule has 1 heteroatoms. The van der Waals surface area contributed by atoms with Crippen LogP contribution in [0.2, 0.25) is 0 Å². The van der Waals surface area contributed by atoms with Gasteiger partial charge in [-0.05, 0) is 38.2 Å². The summed E-state index contributed by atoms with van der Waals surface area (Å²) in [7, 11) is 0. The molecule has 0 aromatic carbocycles. The molecule has 1 aliphatic carbocycles. The van der Waals surface area contributed by atoms with Gasteiger partial charge in [0.15, 0.2) is 5.78 Å². The molecule has 1 atom stereocenters. The highest BCUT2D eigenvalue weighted by molar-refractivity contribution is 5.99. The summed E-state index contributed by atoms with van der Waals surface area (Å²) in [5.74, 6) is 0.307.